The maximum atomic E-state index is 11.3. The molecule has 0 aromatic carbocycles. The molecule has 2 aliphatic heterocycles. The highest BCUT2D eigenvalue weighted by molar-refractivity contribution is 8.32. The minimum atomic E-state index is -0.386. The van der Waals surface area contributed by atoms with Gasteiger partial charge < -0.3 is 5.73 Å². The van der Waals surface area contributed by atoms with Crippen molar-refractivity contribution in [2.45, 2.75) is 23.8 Å². The monoisotopic (exact) mass is 315 g/mol. The lowest BCUT2D eigenvalue weighted by Gasteiger charge is -1.99. The Morgan fingerprint density at radius 3 is 2.33 bits per heavy atom. The van der Waals surface area contributed by atoms with Crippen molar-refractivity contribution in [1.82, 2.24) is 9.97 Å². The fourth-order valence-electron chi connectivity index (χ4n) is 1.44. The summed E-state index contributed by atoms with van der Waals surface area (Å²) in [6.07, 6.45) is 0. The summed E-state index contributed by atoms with van der Waals surface area (Å²) in [5.41, 5.74) is 5.43. The average molecular weight is 315 g/mol. The van der Waals surface area contributed by atoms with Crippen molar-refractivity contribution in [3.8, 4) is 0 Å². The minimum Gasteiger partial charge on any atom is -0.384 e. The van der Waals surface area contributed by atoms with Crippen LogP contribution in [0.3, 0.4) is 0 Å². The normalized spacial score (nSPS) is 18.8. The molecule has 0 unspecified atom stereocenters. The molecule has 8 heteroatoms. The lowest BCUT2D eigenvalue weighted by molar-refractivity contribution is 0.928. The Bertz CT molecular complexity index is 646. The quantitative estimate of drug-likeness (QED) is 0.711. The molecule has 0 saturated heterocycles. The van der Waals surface area contributed by atoms with E-state index >= 15 is 0 Å². The molecule has 0 amide bonds. The van der Waals surface area contributed by atoms with Gasteiger partial charge in [-0.3, -0.25) is 4.98 Å². The van der Waals surface area contributed by atoms with Crippen LogP contribution >= 0.6 is 47.0 Å². The largest absolute Gasteiger partial charge is 0.384 e. The van der Waals surface area contributed by atoms with E-state index in [1.165, 1.54) is 25.8 Å². The van der Waals surface area contributed by atoms with Crippen LogP contribution in [0.4, 0.5) is 5.82 Å². The molecule has 3 N–H and O–H groups in total. The van der Waals surface area contributed by atoms with Gasteiger partial charge in [0.15, 0.2) is 0 Å². The van der Waals surface area contributed by atoms with Gasteiger partial charge in [-0.05, 0) is 23.7 Å². The summed E-state index contributed by atoms with van der Waals surface area (Å²) in [6, 6.07) is 0. The van der Waals surface area contributed by atoms with Crippen molar-refractivity contribution in [1.29, 1.82) is 0 Å². The standard InChI is InChI=1S/C10H9N3OS4/c1-3-4(2)16-8(15-3)9-17-5-6(11)12-10(14)13-7(5)18-9/h1-2H3,(H3,11,12,13,14). The number of hydrogen-bond acceptors (Lipinski definition) is 7. The van der Waals surface area contributed by atoms with E-state index < -0.39 is 0 Å². The van der Waals surface area contributed by atoms with Gasteiger partial charge in [0.2, 0.25) is 0 Å². The summed E-state index contributed by atoms with van der Waals surface area (Å²) >= 11 is 6.67. The number of nitrogen functional groups attached to an aromatic ring is 1. The van der Waals surface area contributed by atoms with Crippen molar-refractivity contribution in [2.75, 3.05) is 5.73 Å². The van der Waals surface area contributed by atoms with E-state index in [0.29, 0.717) is 10.8 Å². The molecule has 0 saturated carbocycles. The molecule has 1 aromatic rings. The molecule has 0 bridgehead atoms. The van der Waals surface area contributed by atoms with Gasteiger partial charge in [-0.25, -0.2) is 4.79 Å². The fourth-order valence-corrected chi connectivity index (χ4v) is 6.67. The van der Waals surface area contributed by atoms with Crippen LogP contribution in [-0.4, -0.2) is 9.97 Å². The molecule has 0 fully saturated rings. The fraction of sp³-hybridized carbons (Fsp3) is 0.200. The highest BCUT2D eigenvalue weighted by Crippen LogP contribution is 2.60. The van der Waals surface area contributed by atoms with E-state index in [0.717, 1.165) is 9.13 Å². The van der Waals surface area contributed by atoms with Gasteiger partial charge in [0.25, 0.3) is 0 Å². The third kappa shape index (κ3) is 2.11. The zero-order chi connectivity index (χ0) is 12.9. The second-order valence-corrected chi connectivity index (χ2v) is 8.67. The van der Waals surface area contributed by atoms with Gasteiger partial charge in [-0.15, -0.1) is 0 Å². The molecule has 94 valence electrons. The first-order valence-electron chi connectivity index (χ1n) is 5.07. The van der Waals surface area contributed by atoms with E-state index in [4.69, 9.17) is 5.73 Å². The van der Waals surface area contributed by atoms with Gasteiger partial charge >= 0.3 is 5.69 Å². The van der Waals surface area contributed by atoms with Crippen LogP contribution in [-0.2, 0) is 0 Å². The number of nitrogens with zero attached hydrogens (tertiary/aromatic N) is 1. The Morgan fingerprint density at radius 1 is 1.06 bits per heavy atom. The van der Waals surface area contributed by atoms with Crippen LogP contribution in [0.15, 0.2) is 33.0 Å². The third-order valence-corrected chi connectivity index (χ3v) is 8.09. The van der Waals surface area contributed by atoms with Gasteiger partial charge in [0.05, 0.1) is 13.4 Å². The summed E-state index contributed by atoms with van der Waals surface area (Å²) in [7, 11) is 0. The van der Waals surface area contributed by atoms with Crippen LogP contribution in [0.2, 0.25) is 0 Å². The Morgan fingerprint density at radius 2 is 1.67 bits per heavy atom. The van der Waals surface area contributed by atoms with Gasteiger partial charge in [-0.1, -0.05) is 47.0 Å². The number of allylic oxidation sites excluding steroid dienone is 2. The summed E-state index contributed by atoms with van der Waals surface area (Å²) in [4.78, 5) is 21.3. The first kappa shape index (κ1) is 12.6. The van der Waals surface area contributed by atoms with Crippen LogP contribution < -0.4 is 11.4 Å². The summed E-state index contributed by atoms with van der Waals surface area (Å²) in [5.74, 6) is 0.410. The highest BCUT2D eigenvalue weighted by Gasteiger charge is 2.28. The average Bonchev–Trinajstić information content (AvgIpc) is 2.84. The predicted molar refractivity (Wildman–Crippen MR) is 81.6 cm³/mol. The number of thioether (sulfide) groups is 4. The number of nitrogens with one attached hydrogen (secondary N) is 1. The van der Waals surface area contributed by atoms with Crippen molar-refractivity contribution < 1.29 is 0 Å². The smallest absolute Gasteiger partial charge is 0.347 e. The number of H-pyrrole nitrogens is 1. The Kier molecular flexibility index (Phi) is 3.21. The molecule has 0 spiro atoms. The molecule has 1 aromatic heterocycles. The maximum Gasteiger partial charge on any atom is 0.347 e. The van der Waals surface area contributed by atoms with Crippen LogP contribution in [0.1, 0.15) is 13.8 Å². The van der Waals surface area contributed by atoms with Crippen molar-refractivity contribution in [3.05, 3.63) is 28.8 Å². The zero-order valence-electron chi connectivity index (χ0n) is 9.57. The lowest BCUT2D eigenvalue weighted by Crippen LogP contribution is -2.13. The summed E-state index contributed by atoms with van der Waals surface area (Å²) < 4.78 is 2.42. The first-order chi connectivity index (χ1) is 8.54. The van der Waals surface area contributed by atoms with E-state index in [-0.39, 0.29) is 5.69 Å². The van der Waals surface area contributed by atoms with E-state index in [2.05, 4.69) is 23.8 Å². The molecule has 4 nitrogen and oxygen atoms in total. The number of rotatable bonds is 0. The van der Waals surface area contributed by atoms with E-state index in [9.17, 15) is 4.79 Å². The number of aromatic amines is 1. The molecule has 0 radical (unpaired) electrons. The highest BCUT2D eigenvalue weighted by atomic mass is 32.2. The van der Waals surface area contributed by atoms with E-state index in [1.807, 2.05) is 0 Å². The SMILES string of the molecule is CC1=C(C)SC(=C2Sc3nc(=O)[nH]c(N)c3S2)S1. The molecular weight excluding hydrogens is 306 g/mol. The second-order valence-electron chi connectivity index (χ2n) is 3.69. The maximum absolute atomic E-state index is 11.3. The van der Waals surface area contributed by atoms with Crippen molar-refractivity contribution in [3.63, 3.8) is 0 Å². The molecule has 0 aliphatic carbocycles. The van der Waals surface area contributed by atoms with E-state index in [1.54, 1.807) is 35.3 Å². The molecule has 2 aliphatic rings. The summed E-state index contributed by atoms with van der Waals surface area (Å²) in [6.45, 7) is 4.24. The van der Waals surface area contributed by atoms with Crippen LogP contribution in [0, 0.1) is 0 Å². The van der Waals surface area contributed by atoms with Crippen molar-refractivity contribution >= 4 is 52.9 Å². The topological polar surface area (TPSA) is 71.8 Å². The number of aromatic nitrogens is 2. The molecule has 3 heterocycles. The van der Waals surface area contributed by atoms with Gasteiger partial charge in [0.1, 0.15) is 10.8 Å². The number of anilines is 1. The third-order valence-electron chi connectivity index (χ3n) is 2.42. The Hall–Kier alpha value is -0.440. The zero-order valence-corrected chi connectivity index (χ0v) is 12.8. The van der Waals surface area contributed by atoms with Crippen molar-refractivity contribution in [2.24, 2.45) is 0 Å². The summed E-state index contributed by atoms with van der Waals surface area (Å²) in [5, 5.41) is 0.715. The molecule has 3 rings (SSSR count). The number of fused-ring (bicyclic) bond motifs is 1. The van der Waals surface area contributed by atoms with Crippen LogP contribution in [0.25, 0.3) is 0 Å². The van der Waals surface area contributed by atoms with Gasteiger partial charge in [-0.2, -0.15) is 4.98 Å². The second kappa shape index (κ2) is 4.59. The molecule has 0 atom stereocenters. The number of nitrogens with two attached hydrogens (primary N) is 1. The van der Waals surface area contributed by atoms with Crippen LogP contribution in [0.5, 0.6) is 0 Å². The Balaban J connectivity index is 1.97. The first-order valence-corrected chi connectivity index (χ1v) is 8.34. The predicted octanol–water partition coefficient (Wildman–Crippen LogP) is 3.41. The Labute approximate surface area is 121 Å². The number of hydrogen-bond donors (Lipinski definition) is 2. The minimum absolute atomic E-state index is 0.386. The lowest BCUT2D eigenvalue weighted by atomic mass is 10.6. The molecular formula is C10H9N3OS4. The van der Waals surface area contributed by atoms with Gasteiger partial charge in [0, 0.05) is 0 Å². The molecule has 18 heavy (non-hydrogen) atoms.